The number of hydrogen-bond acceptors (Lipinski definition) is 5. The summed E-state index contributed by atoms with van der Waals surface area (Å²) >= 11 is 1.60. The molecule has 6 heteroatoms. The average molecular weight is 338 g/mol. The van der Waals surface area contributed by atoms with E-state index in [9.17, 15) is 4.79 Å². The van der Waals surface area contributed by atoms with Crippen LogP contribution >= 0.6 is 11.3 Å². The molecule has 4 rings (SSSR count). The Bertz CT molecular complexity index is 920. The van der Waals surface area contributed by atoms with Gasteiger partial charge >= 0.3 is 0 Å². The van der Waals surface area contributed by atoms with Gasteiger partial charge in [-0.3, -0.25) is 4.79 Å². The molecule has 0 unspecified atom stereocenters. The fourth-order valence-electron chi connectivity index (χ4n) is 3.26. The fraction of sp³-hybridized carbons (Fsp3) is 0.278. The van der Waals surface area contributed by atoms with E-state index in [1.807, 2.05) is 35.4 Å². The summed E-state index contributed by atoms with van der Waals surface area (Å²) in [6.07, 6.45) is 1.37. The molecule has 0 radical (unpaired) electrons. The van der Waals surface area contributed by atoms with Crippen LogP contribution in [0.5, 0.6) is 0 Å². The largest absolute Gasteiger partial charge is 0.368 e. The molecule has 0 bridgehead atoms. The summed E-state index contributed by atoms with van der Waals surface area (Å²) in [5.74, 6) is 1.29. The van der Waals surface area contributed by atoms with Gasteiger partial charge in [0.05, 0.1) is 5.39 Å². The Kier molecular flexibility index (Phi) is 3.69. The second-order valence-electron chi connectivity index (χ2n) is 5.98. The lowest BCUT2D eigenvalue weighted by atomic mass is 9.93. The third kappa shape index (κ3) is 2.43. The van der Waals surface area contributed by atoms with Crippen LogP contribution in [0.15, 0.2) is 35.7 Å². The summed E-state index contributed by atoms with van der Waals surface area (Å²) in [6.45, 7) is 2.67. The van der Waals surface area contributed by atoms with Crippen molar-refractivity contribution >= 4 is 33.3 Å². The fourth-order valence-corrected chi connectivity index (χ4v) is 4.04. The normalized spacial score (nSPS) is 17.0. The minimum Gasteiger partial charge on any atom is -0.368 e. The molecule has 0 aliphatic carbocycles. The van der Waals surface area contributed by atoms with Crippen molar-refractivity contribution in [3.05, 3.63) is 52.7 Å². The van der Waals surface area contributed by atoms with Crippen LogP contribution in [-0.2, 0) is 24.2 Å². The van der Waals surface area contributed by atoms with Gasteiger partial charge in [-0.1, -0.05) is 31.2 Å². The molecule has 1 aromatic carbocycles. The standard InChI is InChI=1S/C18H18N4OS/c1-2-15-20-17(13-7-8-24-18(13)21-15)22-10-12-6-4-3-5-11(12)9-14(22)16(19)23/h3-8,14H,2,9-10H2,1H3,(H2,19,23)/t14-/m0/s1. The first-order chi connectivity index (χ1) is 11.7. The molecule has 122 valence electrons. The van der Waals surface area contributed by atoms with Crippen molar-refractivity contribution in [2.75, 3.05) is 4.90 Å². The van der Waals surface area contributed by atoms with Crippen LogP contribution in [0.2, 0.25) is 0 Å². The Labute approximate surface area is 144 Å². The van der Waals surface area contributed by atoms with E-state index < -0.39 is 0 Å². The summed E-state index contributed by atoms with van der Waals surface area (Å²) in [4.78, 5) is 24.4. The van der Waals surface area contributed by atoms with Crippen molar-refractivity contribution in [3.8, 4) is 0 Å². The number of anilines is 1. The van der Waals surface area contributed by atoms with Crippen molar-refractivity contribution in [1.82, 2.24) is 9.97 Å². The summed E-state index contributed by atoms with van der Waals surface area (Å²) in [7, 11) is 0. The van der Waals surface area contributed by atoms with Crippen LogP contribution in [0.1, 0.15) is 23.9 Å². The van der Waals surface area contributed by atoms with Crippen molar-refractivity contribution in [2.24, 2.45) is 5.73 Å². The van der Waals surface area contributed by atoms with Gasteiger partial charge in [0, 0.05) is 19.4 Å². The quantitative estimate of drug-likeness (QED) is 0.797. The Morgan fingerprint density at radius 2 is 2.08 bits per heavy atom. The number of fused-ring (bicyclic) bond motifs is 2. The van der Waals surface area contributed by atoms with Gasteiger partial charge in [0.25, 0.3) is 0 Å². The molecule has 0 saturated heterocycles. The Morgan fingerprint density at radius 3 is 2.83 bits per heavy atom. The number of aryl methyl sites for hydroxylation is 1. The molecule has 3 aromatic rings. The molecule has 1 atom stereocenters. The van der Waals surface area contributed by atoms with Gasteiger partial charge in [-0.05, 0) is 22.6 Å². The second-order valence-corrected chi connectivity index (χ2v) is 6.87. The maximum absolute atomic E-state index is 12.1. The van der Waals surface area contributed by atoms with E-state index in [1.54, 1.807) is 11.3 Å². The zero-order chi connectivity index (χ0) is 16.7. The molecule has 1 aliphatic heterocycles. The van der Waals surface area contributed by atoms with E-state index in [1.165, 1.54) is 11.1 Å². The number of carbonyl (C=O) groups is 1. The van der Waals surface area contributed by atoms with Crippen molar-refractivity contribution in [1.29, 1.82) is 0 Å². The summed E-state index contributed by atoms with van der Waals surface area (Å²) < 4.78 is 0. The van der Waals surface area contributed by atoms with Crippen LogP contribution in [0, 0.1) is 0 Å². The van der Waals surface area contributed by atoms with E-state index in [-0.39, 0.29) is 11.9 Å². The number of thiophene rings is 1. The lowest BCUT2D eigenvalue weighted by Crippen LogP contribution is -2.49. The molecule has 3 heterocycles. The zero-order valence-electron chi connectivity index (χ0n) is 13.4. The number of aromatic nitrogens is 2. The topological polar surface area (TPSA) is 72.1 Å². The first kappa shape index (κ1) is 15.1. The number of rotatable bonds is 3. The highest BCUT2D eigenvalue weighted by Gasteiger charge is 2.32. The number of primary amides is 1. The number of nitrogens with two attached hydrogens (primary N) is 1. The monoisotopic (exact) mass is 338 g/mol. The molecule has 2 aromatic heterocycles. The predicted molar refractivity (Wildman–Crippen MR) is 96.1 cm³/mol. The number of hydrogen-bond donors (Lipinski definition) is 1. The molecule has 2 N–H and O–H groups in total. The summed E-state index contributed by atoms with van der Waals surface area (Å²) in [5.41, 5.74) is 8.12. The average Bonchev–Trinajstić information content (AvgIpc) is 3.08. The van der Waals surface area contributed by atoms with Gasteiger partial charge in [0.15, 0.2) is 0 Å². The maximum atomic E-state index is 12.1. The van der Waals surface area contributed by atoms with Crippen LogP contribution in [0.3, 0.4) is 0 Å². The third-order valence-corrected chi connectivity index (χ3v) is 5.32. The van der Waals surface area contributed by atoms with Gasteiger partial charge < -0.3 is 10.6 Å². The van der Waals surface area contributed by atoms with Gasteiger partial charge in [-0.15, -0.1) is 11.3 Å². The number of amides is 1. The molecule has 5 nitrogen and oxygen atoms in total. The molecule has 24 heavy (non-hydrogen) atoms. The van der Waals surface area contributed by atoms with Gasteiger partial charge in [-0.25, -0.2) is 9.97 Å². The molecule has 0 saturated carbocycles. The number of benzene rings is 1. The highest BCUT2D eigenvalue weighted by molar-refractivity contribution is 7.16. The zero-order valence-corrected chi connectivity index (χ0v) is 14.2. The van der Waals surface area contributed by atoms with E-state index in [0.717, 1.165) is 28.3 Å². The Morgan fingerprint density at radius 1 is 1.29 bits per heavy atom. The molecule has 0 spiro atoms. The van der Waals surface area contributed by atoms with Gasteiger partial charge in [0.1, 0.15) is 22.5 Å². The lowest BCUT2D eigenvalue weighted by molar-refractivity contribution is -0.119. The first-order valence-electron chi connectivity index (χ1n) is 8.04. The van der Waals surface area contributed by atoms with Gasteiger partial charge in [-0.2, -0.15) is 0 Å². The van der Waals surface area contributed by atoms with Crippen molar-refractivity contribution in [2.45, 2.75) is 32.4 Å². The number of carbonyl (C=O) groups excluding carboxylic acids is 1. The Balaban J connectivity index is 1.88. The number of nitrogens with zero attached hydrogens (tertiary/aromatic N) is 3. The van der Waals surface area contributed by atoms with Crippen LogP contribution in [0.4, 0.5) is 5.82 Å². The van der Waals surface area contributed by atoms with E-state index in [0.29, 0.717) is 13.0 Å². The Hall–Kier alpha value is -2.47. The third-order valence-electron chi connectivity index (χ3n) is 4.52. The van der Waals surface area contributed by atoms with E-state index in [2.05, 4.69) is 17.1 Å². The second kappa shape index (κ2) is 5.87. The van der Waals surface area contributed by atoms with Crippen molar-refractivity contribution in [3.63, 3.8) is 0 Å². The maximum Gasteiger partial charge on any atom is 0.240 e. The lowest BCUT2D eigenvalue weighted by Gasteiger charge is -2.36. The van der Waals surface area contributed by atoms with Gasteiger partial charge in [0.2, 0.25) is 5.91 Å². The highest BCUT2D eigenvalue weighted by Crippen LogP contribution is 2.33. The van der Waals surface area contributed by atoms with Crippen LogP contribution < -0.4 is 10.6 Å². The molecular formula is C18H18N4OS. The molecule has 1 amide bonds. The minimum atomic E-state index is -0.386. The highest BCUT2D eigenvalue weighted by atomic mass is 32.1. The summed E-state index contributed by atoms with van der Waals surface area (Å²) in [6, 6.07) is 9.84. The van der Waals surface area contributed by atoms with E-state index >= 15 is 0 Å². The molecular weight excluding hydrogens is 320 g/mol. The summed E-state index contributed by atoms with van der Waals surface area (Å²) in [5, 5.41) is 3.00. The predicted octanol–water partition coefficient (Wildman–Crippen LogP) is 2.67. The molecule has 1 aliphatic rings. The minimum absolute atomic E-state index is 0.315. The van der Waals surface area contributed by atoms with Crippen LogP contribution in [0.25, 0.3) is 10.2 Å². The molecule has 0 fully saturated rings. The van der Waals surface area contributed by atoms with E-state index in [4.69, 9.17) is 10.7 Å². The first-order valence-corrected chi connectivity index (χ1v) is 8.92. The van der Waals surface area contributed by atoms with Crippen molar-refractivity contribution < 1.29 is 4.79 Å². The smallest absolute Gasteiger partial charge is 0.240 e. The van der Waals surface area contributed by atoms with Crippen LogP contribution in [-0.4, -0.2) is 21.9 Å². The SMILES string of the molecule is CCc1nc(N2Cc3ccccc3C[C@H]2C(N)=O)c2ccsc2n1.